The smallest absolute Gasteiger partial charge is 0.182 e. The third kappa shape index (κ3) is 2.14. The van der Waals surface area contributed by atoms with Crippen molar-refractivity contribution in [3.63, 3.8) is 0 Å². The summed E-state index contributed by atoms with van der Waals surface area (Å²) in [7, 11) is 0. The number of nitrogens with one attached hydrogen (secondary N) is 1. The minimum absolute atomic E-state index is 0.541. The maximum absolute atomic E-state index is 8.65. The van der Waals surface area contributed by atoms with Gasteiger partial charge in [-0.2, -0.15) is 5.26 Å². The van der Waals surface area contributed by atoms with E-state index in [9.17, 15) is 0 Å². The van der Waals surface area contributed by atoms with E-state index in [0.29, 0.717) is 16.9 Å². The van der Waals surface area contributed by atoms with Gasteiger partial charge in [0.2, 0.25) is 0 Å². The summed E-state index contributed by atoms with van der Waals surface area (Å²) < 4.78 is 1.87. The minimum Gasteiger partial charge on any atom is -0.320 e. The van der Waals surface area contributed by atoms with Gasteiger partial charge < -0.3 is 4.57 Å². The molecular formula is C11H9N3S. The van der Waals surface area contributed by atoms with Crippen LogP contribution in [-0.2, 0) is 6.54 Å². The third-order valence-corrected chi connectivity index (χ3v) is 2.83. The van der Waals surface area contributed by atoms with Crippen LogP contribution in [0.15, 0.2) is 35.8 Å². The summed E-state index contributed by atoms with van der Waals surface area (Å²) in [6.07, 6.45) is 1.89. The Hall–Kier alpha value is -1.86. The Labute approximate surface area is 91.4 Å². The van der Waals surface area contributed by atoms with Crippen LogP contribution in [-0.4, -0.2) is 4.57 Å². The number of hydrogen-bond donors (Lipinski definition) is 1. The average molecular weight is 215 g/mol. The summed E-state index contributed by atoms with van der Waals surface area (Å²) in [5.41, 5.74) is 1.77. The van der Waals surface area contributed by atoms with E-state index in [1.807, 2.05) is 28.3 Å². The number of nitrogens with zero attached hydrogens (tertiary/aromatic N) is 2. The maximum Gasteiger partial charge on any atom is 0.182 e. The highest BCUT2D eigenvalue weighted by molar-refractivity contribution is 7.06. The number of nitriles is 1. The molecule has 0 saturated carbocycles. The SMILES string of the molecule is N#Cc1ccc(Cn2ccsc2=N)cc1. The Morgan fingerprint density at radius 2 is 2.07 bits per heavy atom. The summed E-state index contributed by atoms with van der Waals surface area (Å²) in [5.74, 6) is 0. The molecule has 0 radical (unpaired) electrons. The highest BCUT2D eigenvalue weighted by Gasteiger charge is 1.96. The van der Waals surface area contributed by atoms with Crippen molar-refractivity contribution in [3.8, 4) is 6.07 Å². The average Bonchev–Trinajstić information content (AvgIpc) is 2.66. The molecule has 0 aliphatic rings. The van der Waals surface area contributed by atoms with Crippen molar-refractivity contribution in [2.45, 2.75) is 6.54 Å². The van der Waals surface area contributed by atoms with E-state index in [1.54, 1.807) is 12.1 Å². The Kier molecular flexibility index (Phi) is 2.66. The Bertz CT molecular complexity index is 542. The van der Waals surface area contributed by atoms with Gasteiger partial charge in [0, 0.05) is 18.1 Å². The first kappa shape index (κ1) is 9.69. The van der Waals surface area contributed by atoms with E-state index in [4.69, 9.17) is 10.7 Å². The van der Waals surface area contributed by atoms with Crippen molar-refractivity contribution in [3.05, 3.63) is 51.8 Å². The fourth-order valence-corrected chi connectivity index (χ4v) is 1.91. The standard InChI is InChI=1S/C11H9N3S/c12-7-9-1-3-10(4-2-9)8-14-5-6-15-11(14)13/h1-6,13H,8H2. The highest BCUT2D eigenvalue weighted by atomic mass is 32.1. The first-order valence-corrected chi connectivity index (χ1v) is 5.35. The van der Waals surface area contributed by atoms with Crippen molar-refractivity contribution in [1.29, 1.82) is 10.7 Å². The number of thiazole rings is 1. The maximum atomic E-state index is 8.65. The summed E-state index contributed by atoms with van der Waals surface area (Å²) in [6, 6.07) is 9.52. The molecule has 0 aliphatic carbocycles. The molecule has 3 nitrogen and oxygen atoms in total. The lowest BCUT2D eigenvalue weighted by atomic mass is 10.1. The topological polar surface area (TPSA) is 52.6 Å². The molecule has 0 atom stereocenters. The third-order valence-electron chi connectivity index (χ3n) is 2.12. The number of hydrogen-bond acceptors (Lipinski definition) is 3. The molecule has 0 amide bonds. The fraction of sp³-hybridized carbons (Fsp3) is 0.0909. The molecule has 1 N–H and O–H groups in total. The molecule has 0 bridgehead atoms. The Balaban J connectivity index is 2.23. The number of aromatic nitrogens is 1. The van der Waals surface area contributed by atoms with E-state index >= 15 is 0 Å². The zero-order valence-electron chi connectivity index (χ0n) is 7.97. The second kappa shape index (κ2) is 4.11. The van der Waals surface area contributed by atoms with Crippen molar-refractivity contribution >= 4 is 11.3 Å². The summed E-state index contributed by atoms with van der Waals surface area (Å²) in [5, 5.41) is 18.1. The number of rotatable bonds is 2. The summed E-state index contributed by atoms with van der Waals surface area (Å²) in [6.45, 7) is 0.689. The van der Waals surface area contributed by atoms with Gasteiger partial charge in [-0.15, -0.1) is 11.3 Å². The van der Waals surface area contributed by atoms with Crippen LogP contribution in [0.1, 0.15) is 11.1 Å². The molecule has 1 aromatic heterocycles. The van der Waals surface area contributed by atoms with E-state index < -0.39 is 0 Å². The van der Waals surface area contributed by atoms with Gasteiger partial charge in [-0.25, -0.2) is 0 Å². The molecular weight excluding hydrogens is 206 g/mol. The quantitative estimate of drug-likeness (QED) is 0.817. The predicted octanol–water partition coefficient (Wildman–Crippen LogP) is 1.95. The molecule has 2 rings (SSSR count). The van der Waals surface area contributed by atoms with Crippen LogP contribution in [0.4, 0.5) is 0 Å². The normalized spacial score (nSPS) is 9.80. The van der Waals surface area contributed by atoms with Crippen LogP contribution in [0.3, 0.4) is 0 Å². The van der Waals surface area contributed by atoms with Gasteiger partial charge in [-0.1, -0.05) is 12.1 Å². The predicted molar refractivity (Wildman–Crippen MR) is 58.4 cm³/mol. The van der Waals surface area contributed by atoms with E-state index in [0.717, 1.165) is 5.56 Å². The van der Waals surface area contributed by atoms with Gasteiger partial charge in [0.15, 0.2) is 4.80 Å². The van der Waals surface area contributed by atoms with Gasteiger partial charge in [0.05, 0.1) is 11.6 Å². The molecule has 15 heavy (non-hydrogen) atoms. The minimum atomic E-state index is 0.541. The first-order chi connectivity index (χ1) is 7.29. The van der Waals surface area contributed by atoms with Gasteiger partial charge >= 0.3 is 0 Å². The Morgan fingerprint density at radius 1 is 1.33 bits per heavy atom. The largest absolute Gasteiger partial charge is 0.320 e. The van der Waals surface area contributed by atoms with Gasteiger partial charge in [-0.05, 0) is 17.7 Å². The van der Waals surface area contributed by atoms with Crippen LogP contribution in [0.2, 0.25) is 0 Å². The first-order valence-electron chi connectivity index (χ1n) is 4.47. The van der Waals surface area contributed by atoms with Crippen molar-refractivity contribution in [1.82, 2.24) is 4.57 Å². The zero-order chi connectivity index (χ0) is 10.7. The van der Waals surface area contributed by atoms with Crippen molar-refractivity contribution in [2.24, 2.45) is 0 Å². The van der Waals surface area contributed by atoms with E-state index in [-0.39, 0.29) is 0 Å². The molecule has 0 spiro atoms. The number of benzene rings is 1. The van der Waals surface area contributed by atoms with Crippen LogP contribution < -0.4 is 4.80 Å². The lowest BCUT2D eigenvalue weighted by Gasteiger charge is -2.02. The van der Waals surface area contributed by atoms with Gasteiger partial charge in [-0.3, -0.25) is 5.41 Å². The molecule has 2 aromatic rings. The molecule has 0 fully saturated rings. The lowest BCUT2D eigenvalue weighted by molar-refractivity contribution is 0.759. The van der Waals surface area contributed by atoms with Gasteiger partial charge in [0.25, 0.3) is 0 Å². The zero-order valence-corrected chi connectivity index (χ0v) is 8.79. The van der Waals surface area contributed by atoms with Crippen LogP contribution in [0.25, 0.3) is 0 Å². The molecule has 0 unspecified atom stereocenters. The molecule has 0 saturated heterocycles. The van der Waals surface area contributed by atoms with Crippen molar-refractivity contribution in [2.75, 3.05) is 0 Å². The lowest BCUT2D eigenvalue weighted by Crippen LogP contribution is -2.12. The molecule has 1 heterocycles. The second-order valence-corrected chi connectivity index (χ2v) is 4.04. The van der Waals surface area contributed by atoms with Gasteiger partial charge in [0.1, 0.15) is 0 Å². The van der Waals surface area contributed by atoms with Crippen LogP contribution in [0.5, 0.6) is 0 Å². The highest BCUT2D eigenvalue weighted by Crippen LogP contribution is 2.05. The molecule has 4 heteroatoms. The van der Waals surface area contributed by atoms with Crippen molar-refractivity contribution < 1.29 is 0 Å². The molecule has 1 aromatic carbocycles. The fourth-order valence-electron chi connectivity index (χ4n) is 1.31. The van der Waals surface area contributed by atoms with Crippen LogP contribution in [0, 0.1) is 16.7 Å². The van der Waals surface area contributed by atoms with E-state index in [2.05, 4.69) is 6.07 Å². The Morgan fingerprint density at radius 3 is 2.60 bits per heavy atom. The summed E-state index contributed by atoms with van der Waals surface area (Å²) in [4.78, 5) is 0.541. The molecule has 0 aliphatic heterocycles. The van der Waals surface area contributed by atoms with Crippen LogP contribution >= 0.6 is 11.3 Å². The summed E-state index contributed by atoms with van der Waals surface area (Å²) >= 11 is 1.41. The monoisotopic (exact) mass is 215 g/mol. The second-order valence-electron chi connectivity index (χ2n) is 3.14. The van der Waals surface area contributed by atoms with E-state index in [1.165, 1.54) is 11.3 Å². The molecule has 74 valence electrons.